The normalized spacial score (nSPS) is 26.4. The van der Waals surface area contributed by atoms with E-state index in [-0.39, 0.29) is 5.41 Å². The van der Waals surface area contributed by atoms with E-state index < -0.39 is 0 Å². The first-order valence-corrected chi connectivity index (χ1v) is 10.7. The lowest BCUT2D eigenvalue weighted by atomic mass is 9.77. The molecule has 5 rings (SSSR count). The minimum Gasteiger partial charge on any atom is -0.339 e. The van der Waals surface area contributed by atoms with Crippen LogP contribution in [-0.4, -0.2) is 56.7 Å². The number of para-hydroxylation sites is 1. The predicted octanol–water partition coefficient (Wildman–Crippen LogP) is 2.81. The molecule has 1 spiro atoms. The summed E-state index contributed by atoms with van der Waals surface area (Å²) in [6, 6.07) is 10.4. The first kappa shape index (κ1) is 17.6. The molecule has 28 heavy (non-hydrogen) atoms. The third-order valence-corrected chi connectivity index (χ3v) is 6.87. The van der Waals surface area contributed by atoms with E-state index in [0.717, 1.165) is 50.5 Å². The van der Waals surface area contributed by atoms with Crippen molar-refractivity contribution in [2.45, 2.75) is 57.4 Å². The van der Waals surface area contributed by atoms with Crippen LogP contribution in [0.4, 0.5) is 5.95 Å². The Morgan fingerprint density at radius 1 is 0.964 bits per heavy atom. The van der Waals surface area contributed by atoms with Crippen LogP contribution in [0.5, 0.6) is 0 Å². The van der Waals surface area contributed by atoms with E-state index in [9.17, 15) is 4.79 Å². The van der Waals surface area contributed by atoms with Crippen LogP contribution in [0.25, 0.3) is 5.69 Å². The first-order chi connectivity index (χ1) is 13.8. The van der Waals surface area contributed by atoms with Crippen LogP contribution in [0.3, 0.4) is 0 Å². The maximum absolute atomic E-state index is 13.6. The lowest BCUT2D eigenvalue weighted by Crippen LogP contribution is -2.54. The molecule has 2 aliphatic heterocycles. The molecule has 0 radical (unpaired) electrons. The summed E-state index contributed by atoms with van der Waals surface area (Å²) in [5.74, 6) is 1.12. The van der Waals surface area contributed by atoms with Crippen molar-refractivity contribution in [2.24, 2.45) is 5.41 Å². The molecule has 1 atom stereocenters. The Bertz CT molecular complexity index is 830. The molecule has 2 aromatic rings. The number of aromatic nitrogens is 4. The molecule has 1 aliphatic carbocycles. The van der Waals surface area contributed by atoms with Crippen LogP contribution in [0.1, 0.15) is 51.4 Å². The zero-order chi connectivity index (χ0) is 19.0. The number of carbonyl (C=O) groups is 1. The number of amides is 1. The third kappa shape index (κ3) is 2.97. The van der Waals surface area contributed by atoms with Crippen molar-refractivity contribution in [3.05, 3.63) is 30.3 Å². The van der Waals surface area contributed by atoms with Crippen LogP contribution >= 0.6 is 0 Å². The molecule has 1 aromatic carbocycles. The molecular weight excluding hydrogens is 352 g/mol. The van der Waals surface area contributed by atoms with Crippen LogP contribution in [-0.2, 0) is 4.79 Å². The SMILES string of the molecule is O=C1N(C2CCCCC2)CCC[C@@]12CCN(c1nnnn1-c1ccccc1)C2. The van der Waals surface area contributed by atoms with E-state index in [1.54, 1.807) is 4.68 Å². The average molecular weight is 380 g/mol. The van der Waals surface area contributed by atoms with Gasteiger partial charge in [0.2, 0.25) is 11.9 Å². The maximum atomic E-state index is 13.6. The van der Waals surface area contributed by atoms with Crippen LogP contribution in [0, 0.1) is 5.41 Å². The third-order valence-electron chi connectivity index (χ3n) is 6.87. The van der Waals surface area contributed by atoms with Crippen LogP contribution < -0.4 is 4.90 Å². The number of tetrazole rings is 1. The quantitative estimate of drug-likeness (QED) is 0.819. The predicted molar refractivity (Wildman–Crippen MR) is 106 cm³/mol. The molecule has 0 unspecified atom stereocenters. The number of anilines is 1. The van der Waals surface area contributed by atoms with Gasteiger partial charge in [0.1, 0.15) is 0 Å². The summed E-state index contributed by atoms with van der Waals surface area (Å²) in [6.07, 6.45) is 9.20. The molecule has 3 aliphatic rings. The molecule has 0 N–H and O–H groups in total. The monoisotopic (exact) mass is 380 g/mol. The Labute approximate surface area is 165 Å². The Morgan fingerprint density at radius 2 is 1.79 bits per heavy atom. The first-order valence-electron chi connectivity index (χ1n) is 10.7. The van der Waals surface area contributed by atoms with Crippen molar-refractivity contribution in [2.75, 3.05) is 24.5 Å². The van der Waals surface area contributed by atoms with Gasteiger partial charge in [0.25, 0.3) is 0 Å². The minimum absolute atomic E-state index is 0.261. The minimum atomic E-state index is -0.261. The summed E-state index contributed by atoms with van der Waals surface area (Å²) >= 11 is 0. The molecule has 7 nitrogen and oxygen atoms in total. The number of hydrogen-bond donors (Lipinski definition) is 0. The Morgan fingerprint density at radius 3 is 2.61 bits per heavy atom. The maximum Gasteiger partial charge on any atom is 0.250 e. The smallest absolute Gasteiger partial charge is 0.250 e. The second-order valence-electron chi connectivity index (χ2n) is 8.57. The Kier molecular flexibility index (Phi) is 4.53. The fourth-order valence-electron chi connectivity index (χ4n) is 5.38. The summed E-state index contributed by atoms with van der Waals surface area (Å²) in [7, 11) is 0. The van der Waals surface area contributed by atoms with Gasteiger partial charge in [-0.1, -0.05) is 42.6 Å². The molecule has 2 saturated heterocycles. The highest BCUT2D eigenvalue weighted by molar-refractivity contribution is 5.85. The summed E-state index contributed by atoms with van der Waals surface area (Å²) < 4.78 is 1.78. The van der Waals surface area contributed by atoms with Gasteiger partial charge in [-0.25, -0.2) is 0 Å². The number of nitrogens with zero attached hydrogens (tertiary/aromatic N) is 6. The molecule has 1 aromatic heterocycles. The van der Waals surface area contributed by atoms with Gasteiger partial charge in [0.15, 0.2) is 0 Å². The van der Waals surface area contributed by atoms with Gasteiger partial charge in [-0.2, -0.15) is 4.68 Å². The van der Waals surface area contributed by atoms with Gasteiger partial charge in [-0.15, -0.1) is 0 Å². The van der Waals surface area contributed by atoms with Crippen LogP contribution in [0.15, 0.2) is 30.3 Å². The highest BCUT2D eigenvalue weighted by Crippen LogP contribution is 2.43. The van der Waals surface area contributed by atoms with Crippen molar-refractivity contribution in [3.63, 3.8) is 0 Å². The molecule has 3 heterocycles. The van der Waals surface area contributed by atoms with Crippen molar-refractivity contribution in [3.8, 4) is 5.69 Å². The van der Waals surface area contributed by atoms with E-state index >= 15 is 0 Å². The van der Waals surface area contributed by atoms with Gasteiger partial charge in [0, 0.05) is 25.7 Å². The number of hydrogen-bond acceptors (Lipinski definition) is 5. The number of benzene rings is 1. The fraction of sp³-hybridized carbons (Fsp3) is 0.619. The number of piperidine rings is 1. The lowest BCUT2D eigenvalue weighted by molar-refractivity contribution is -0.148. The van der Waals surface area contributed by atoms with E-state index in [2.05, 4.69) is 25.3 Å². The number of rotatable bonds is 3. The molecule has 1 amide bonds. The van der Waals surface area contributed by atoms with E-state index in [1.165, 1.54) is 32.1 Å². The topological polar surface area (TPSA) is 67.2 Å². The largest absolute Gasteiger partial charge is 0.339 e. The van der Waals surface area contributed by atoms with Crippen molar-refractivity contribution in [1.29, 1.82) is 0 Å². The second-order valence-corrected chi connectivity index (χ2v) is 8.57. The Balaban J connectivity index is 1.37. The Hall–Kier alpha value is -2.44. The highest BCUT2D eigenvalue weighted by Gasteiger charge is 2.50. The van der Waals surface area contributed by atoms with Gasteiger partial charge < -0.3 is 9.80 Å². The standard InChI is InChI=1S/C21H28N6O/c28-19-21(12-7-14-26(19)17-8-3-1-4-9-17)13-15-25(16-21)20-22-23-24-27(20)18-10-5-2-6-11-18/h2,5-6,10-11,17H,1,3-4,7-9,12-16H2/t21-/m0/s1. The molecular formula is C21H28N6O. The average Bonchev–Trinajstić information content (AvgIpc) is 3.39. The lowest BCUT2D eigenvalue weighted by Gasteiger charge is -2.44. The van der Waals surface area contributed by atoms with Crippen molar-refractivity contribution < 1.29 is 4.79 Å². The van der Waals surface area contributed by atoms with E-state index in [1.807, 2.05) is 30.3 Å². The molecule has 3 fully saturated rings. The fourth-order valence-corrected chi connectivity index (χ4v) is 5.38. The second kappa shape index (κ2) is 7.18. The number of likely N-dealkylation sites (tertiary alicyclic amines) is 1. The molecule has 7 heteroatoms. The summed E-state index contributed by atoms with van der Waals surface area (Å²) in [5.41, 5.74) is 0.686. The van der Waals surface area contributed by atoms with E-state index in [4.69, 9.17) is 0 Å². The molecule has 1 saturated carbocycles. The summed E-state index contributed by atoms with van der Waals surface area (Å²) in [4.78, 5) is 18.0. The summed E-state index contributed by atoms with van der Waals surface area (Å²) in [6.45, 7) is 2.49. The summed E-state index contributed by atoms with van der Waals surface area (Å²) in [5, 5.41) is 12.4. The van der Waals surface area contributed by atoms with Gasteiger partial charge >= 0.3 is 0 Å². The zero-order valence-electron chi connectivity index (χ0n) is 16.3. The zero-order valence-corrected chi connectivity index (χ0v) is 16.3. The van der Waals surface area contributed by atoms with Gasteiger partial charge in [-0.3, -0.25) is 4.79 Å². The van der Waals surface area contributed by atoms with Crippen molar-refractivity contribution >= 4 is 11.9 Å². The highest BCUT2D eigenvalue weighted by atomic mass is 16.2. The van der Waals surface area contributed by atoms with Gasteiger partial charge in [-0.05, 0) is 54.7 Å². The van der Waals surface area contributed by atoms with Crippen molar-refractivity contribution in [1.82, 2.24) is 25.1 Å². The van der Waals surface area contributed by atoms with Gasteiger partial charge in [0.05, 0.1) is 11.1 Å². The molecule has 148 valence electrons. The van der Waals surface area contributed by atoms with E-state index in [0.29, 0.717) is 11.9 Å². The molecule has 0 bridgehead atoms. The van der Waals surface area contributed by atoms with Crippen LogP contribution in [0.2, 0.25) is 0 Å². The number of carbonyl (C=O) groups excluding carboxylic acids is 1.